The topological polar surface area (TPSA) is 35.5 Å². The van der Waals surface area contributed by atoms with Gasteiger partial charge in [0, 0.05) is 6.66 Å². The van der Waals surface area contributed by atoms with Crippen LogP contribution in [0.25, 0.3) is 0 Å². The second-order valence-corrected chi connectivity index (χ2v) is 3.86. The van der Waals surface area contributed by atoms with Crippen LogP contribution in [0.2, 0.25) is 0 Å². The van der Waals surface area contributed by atoms with Crippen LogP contribution in [-0.2, 0) is 13.6 Å². The summed E-state index contributed by atoms with van der Waals surface area (Å²) in [6, 6.07) is 0. The predicted octanol–water partition coefficient (Wildman–Crippen LogP) is 1.37. The van der Waals surface area contributed by atoms with Gasteiger partial charge in [-0.1, -0.05) is 5.92 Å². The third kappa shape index (κ3) is 1.63. The van der Waals surface area contributed by atoms with Crippen molar-refractivity contribution in [3.63, 3.8) is 0 Å². The van der Waals surface area contributed by atoms with Crippen LogP contribution in [0.5, 0.6) is 0 Å². The van der Waals surface area contributed by atoms with Crippen molar-refractivity contribution in [1.29, 1.82) is 0 Å². The smallest absolute Gasteiger partial charge is 0.377 e. The lowest BCUT2D eigenvalue weighted by Gasteiger charge is -2.19. The number of hydrogen-bond acceptors (Lipinski definition) is 3. The van der Waals surface area contributed by atoms with E-state index < -0.39 is 13.7 Å². The summed E-state index contributed by atoms with van der Waals surface area (Å²) < 4.78 is 20.5. The first-order chi connectivity index (χ1) is 4.64. The lowest BCUT2D eigenvalue weighted by molar-refractivity contribution is 0.224. The minimum Gasteiger partial charge on any atom is -0.433 e. The molecule has 0 amide bonds. The van der Waals surface area contributed by atoms with Gasteiger partial charge in [-0.3, -0.25) is 4.52 Å². The van der Waals surface area contributed by atoms with E-state index in [2.05, 4.69) is 10.4 Å². The van der Waals surface area contributed by atoms with Crippen molar-refractivity contribution in [2.45, 2.75) is 6.10 Å². The van der Waals surface area contributed by atoms with Crippen LogP contribution < -0.4 is 0 Å². The average Bonchev–Trinajstić information content (AvgIpc) is 1.86. The van der Waals surface area contributed by atoms with Gasteiger partial charge in [-0.15, -0.1) is 6.42 Å². The Bertz CT molecular complexity index is 238. The van der Waals surface area contributed by atoms with Gasteiger partial charge >= 0.3 is 7.60 Å². The molecular weight excluding hydrogens is 151 g/mol. The molecule has 0 spiro atoms. The fourth-order valence-electron chi connectivity index (χ4n) is 0.569. The zero-order valence-corrected chi connectivity index (χ0v) is 6.38. The minimum absolute atomic E-state index is 0.510. The van der Waals surface area contributed by atoms with Gasteiger partial charge in [-0.05, 0) is 6.08 Å². The summed E-state index contributed by atoms with van der Waals surface area (Å²) in [5, 5.41) is 0. The molecule has 2 unspecified atom stereocenters. The zero-order valence-electron chi connectivity index (χ0n) is 5.48. The fraction of sp³-hybridized carbons (Fsp3) is 0.333. The van der Waals surface area contributed by atoms with E-state index in [0.717, 1.165) is 0 Å². The molecular formula is C6H7O3P. The monoisotopic (exact) mass is 158 g/mol. The van der Waals surface area contributed by atoms with Crippen molar-refractivity contribution >= 4 is 7.60 Å². The van der Waals surface area contributed by atoms with E-state index in [4.69, 9.17) is 10.9 Å². The molecule has 0 saturated heterocycles. The van der Waals surface area contributed by atoms with Crippen LogP contribution in [0.4, 0.5) is 0 Å². The third-order valence-electron chi connectivity index (χ3n) is 0.975. The largest absolute Gasteiger partial charge is 0.433 e. The predicted molar refractivity (Wildman–Crippen MR) is 37.5 cm³/mol. The minimum atomic E-state index is -2.89. The van der Waals surface area contributed by atoms with Crippen molar-refractivity contribution in [2.75, 3.05) is 6.66 Å². The summed E-state index contributed by atoms with van der Waals surface area (Å²) in [5.74, 6) is 2.30. The molecule has 0 aliphatic carbocycles. The molecule has 54 valence electrons. The van der Waals surface area contributed by atoms with Crippen LogP contribution in [0.3, 0.4) is 0 Å². The molecule has 4 heteroatoms. The molecule has 1 heterocycles. The van der Waals surface area contributed by atoms with Crippen LogP contribution in [-0.4, -0.2) is 12.8 Å². The maximum atomic E-state index is 11.0. The van der Waals surface area contributed by atoms with E-state index in [1.54, 1.807) is 0 Å². The molecule has 0 aromatic carbocycles. The molecule has 0 saturated carbocycles. The third-order valence-corrected chi connectivity index (χ3v) is 2.09. The maximum absolute atomic E-state index is 11.0. The SMILES string of the molecule is C#CC1C=COP(C)(=O)O1. The Morgan fingerprint density at radius 1 is 1.80 bits per heavy atom. The van der Waals surface area contributed by atoms with Gasteiger partial charge in [0.2, 0.25) is 0 Å². The summed E-state index contributed by atoms with van der Waals surface area (Å²) in [7, 11) is -2.89. The highest BCUT2D eigenvalue weighted by Crippen LogP contribution is 2.47. The number of rotatable bonds is 0. The first-order valence-electron chi connectivity index (χ1n) is 2.71. The normalized spacial score (nSPS) is 38.2. The summed E-state index contributed by atoms with van der Waals surface area (Å²) in [6.45, 7) is 1.38. The zero-order chi connectivity index (χ0) is 7.61. The van der Waals surface area contributed by atoms with E-state index in [1.807, 2.05) is 0 Å². The molecule has 10 heavy (non-hydrogen) atoms. The highest BCUT2D eigenvalue weighted by Gasteiger charge is 2.23. The quantitative estimate of drug-likeness (QED) is 0.394. The standard InChI is InChI=1S/C6H7O3P/c1-3-6-4-5-8-10(2,7)9-6/h1,4-6H,2H3. The molecule has 0 aromatic rings. The highest BCUT2D eigenvalue weighted by atomic mass is 31.2. The highest BCUT2D eigenvalue weighted by molar-refractivity contribution is 7.53. The van der Waals surface area contributed by atoms with Gasteiger partial charge in [0.25, 0.3) is 0 Å². The van der Waals surface area contributed by atoms with E-state index >= 15 is 0 Å². The lowest BCUT2D eigenvalue weighted by atomic mass is 10.4. The summed E-state index contributed by atoms with van der Waals surface area (Å²) >= 11 is 0. The molecule has 2 atom stereocenters. The van der Waals surface area contributed by atoms with Crippen molar-refractivity contribution in [3.8, 4) is 12.3 Å². The molecule has 1 aliphatic rings. The maximum Gasteiger partial charge on any atom is 0.377 e. The Hall–Kier alpha value is -0.710. The van der Waals surface area contributed by atoms with Crippen LogP contribution in [0.1, 0.15) is 0 Å². The molecule has 0 aromatic heterocycles. The molecule has 0 fully saturated rings. The summed E-state index contributed by atoms with van der Waals surface area (Å²) in [5.41, 5.74) is 0. The molecule has 1 rings (SSSR count). The van der Waals surface area contributed by atoms with Crippen LogP contribution in [0, 0.1) is 12.3 Å². The first-order valence-corrected chi connectivity index (χ1v) is 4.70. The number of terminal acetylenes is 1. The molecule has 1 aliphatic heterocycles. The van der Waals surface area contributed by atoms with Crippen LogP contribution >= 0.6 is 7.60 Å². The van der Waals surface area contributed by atoms with Crippen LogP contribution in [0.15, 0.2) is 12.3 Å². The van der Waals surface area contributed by atoms with Crippen molar-refractivity contribution in [3.05, 3.63) is 12.3 Å². The Labute approximate surface area is 59.6 Å². The summed E-state index contributed by atoms with van der Waals surface area (Å²) in [4.78, 5) is 0. The van der Waals surface area contributed by atoms with Gasteiger partial charge in [-0.2, -0.15) is 0 Å². The Morgan fingerprint density at radius 2 is 2.50 bits per heavy atom. The van der Waals surface area contributed by atoms with E-state index in [0.29, 0.717) is 0 Å². The van der Waals surface area contributed by atoms with E-state index in [1.165, 1.54) is 19.0 Å². The Balaban J connectivity index is 2.75. The second-order valence-electron chi connectivity index (χ2n) is 1.90. The van der Waals surface area contributed by atoms with E-state index in [9.17, 15) is 4.57 Å². The fourth-order valence-corrected chi connectivity index (χ4v) is 1.45. The van der Waals surface area contributed by atoms with Gasteiger partial charge < -0.3 is 4.52 Å². The lowest BCUT2D eigenvalue weighted by Crippen LogP contribution is -2.08. The molecule has 0 N–H and O–H groups in total. The Kier molecular flexibility index (Phi) is 1.85. The molecule has 0 bridgehead atoms. The van der Waals surface area contributed by atoms with Crippen molar-refractivity contribution < 1.29 is 13.6 Å². The molecule has 3 nitrogen and oxygen atoms in total. The van der Waals surface area contributed by atoms with Gasteiger partial charge in [-0.25, -0.2) is 4.57 Å². The second kappa shape index (κ2) is 2.49. The first kappa shape index (κ1) is 7.40. The summed E-state index contributed by atoms with van der Waals surface area (Å²) in [6.07, 6.45) is 7.35. The average molecular weight is 158 g/mol. The number of hydrogen-bond donors (Lipinski definition) is 0. The molecule has 0 radical (unpaired) electrons. The van der Waals surface area contributed by atoms with Gasteiger partial charge in [0.15, 0.2) is 0 Å². The van der Waals surface area contributed by atoms with Gasteiger partial charge in [0.05, 0.1) is 6.26 Å². The Morgan fingerprint density at radius 3 is 2.90 bits per heavy atom. The van der Waals surface area contributed by atoms with E-state index in [-0.39, 0.29) is 0 Å². The van der Waals surface area contributed by atoms with Gasteiger partial charge in [0.1, 0.15) is 6.10 Å². The van der Waals surface area contributed by atoms with Crippen molar-refractivity contribution in [2.24, 2.45) is 0 Å². The van der Waals surface area contributed by atoms with Crippen molar-refractivity contribution in [1.82, 2.24) is 0 Å².